The molecule has 2 aromatic rings. The molecule has 0 bridgehead atoms. The first-order valence-electron chi connectivity index (χ1n) is 7.97. The third-order valence-corrected chi connectivity index (χ3v) is 4.01. The molecule has 0 aliphatic carbocycles. The normalized spacial score (nSPS) is 10.1. The van der Waals surface area contributed by atoms with E-state index in [0.717, 1.165) is 0 Å². The van der Waals surface area contributed by atoms with Crippen molar-refractivity contribution in [3.63, 3.8) is 0 Å². The van der Waals surface area contributed by atoms with Gasteiger partial charge in [-0.15, -0.1) is 0 Å². The van der Waals surface area contributed by atoms with Crippen molar-refractivity contribution < 1.29 is 19.1 Å². The predicted octanol–water partition coefficient (Wildman–Crippen LogP) is 3.07. The lowest BCUT2D eigenvalue weighted by Gasteiger charge is -2.07. The van der Waals surface area contributed by atoms with E-state index in [4.69, 9.17) is 4.74 Å². The van der Waals surface area contributed by atoms with Crippen LogP contribution in [-0.2, 0) is 9.53 Å². The molecule has 0 unspecified atom stereocenters. The molecule has 132 valence electrons. The van der Waals surface area contributed by atoms with Gasteiger partial charge in [0.25, 0.3) is 5.91 Å². The molecule has 2 N–H and O–H groups in total. The third kappa shape index (κ3) is 6.04. The van der Waals surface area contributed by atoms with E-state index in [9.17, 15) is 14.4 Å². The molecule has 7 heteroatoms. The summed E-state index contributed by atoms with van der Waals surface area (Å²) in [6.07, 6.45) is 0.839. The number of carbonyl (C=O) groups excluding carboxylic acids is 3. The summed E-state index contributed by atoms with van der Waals surface area (Å²) in [4.78, 5) is 35.2. The summed E-state index contributed by atoms with van der Waals surface area (Å²) in [6, 6.07) is 8.28. The highest BCUT2D eigenvalue weighted by molar-refractivity contribution is 7.08. The van der Waals surface area contributed by atoms with E-state index in [1.165, 1.54) is 11.3 Å². The van der Waals surface area contributed by atoms with Crippen molar-refractivity contribution in [3.8, 4) is 0 Å². The van der Waals surface area contributed by atoms with Crippen LogP contribution in [0.25, 0.3) is 0 Å². The van der Waals surface area contributed by atoms with Crippen molar-refractivity contribution >= 4 is 34.8 Å². The zero-order valence-corrected chi connectivity index (χ0v) is 14.7. The zero-order valence-electron chi connectivity index (χ0n) is 13.9. The molecule has 25 heavy (non-hydrogen) atoms. The van der Waals surface area contributed by atoms with Gasteiger partial charge in [-0.3, -0.25) is 9.59 Å². The molecule has 0 saturated heterocycles. The number of ether oxygens (including phenoxy) is 1. The van der Waals surface area contributed by atoms with Crippen LogP contribution in [0, 0.1) is 0 Å². The lowest BCUT2D eigenvalue weighted by atomic mass is 10.2. The third-order valence-electron chi connectivity index (χ3n) is 3.33. The Hall–Kier alpha value is -2.67. The summed E-state index contributed by atoms with van der Waals surface area (Å²) < 4.78 is 4.90. The zero-order chi connectivity index (χ0) is 18.1. The lowest BCUT2D eigenvalue weighted by molar-refractivity contribution is -0.116. The second kappa shape index (κ2) is 9.58. The number of thiophene rings is 1. The van der Waals surface area contributed by atoms with E-state index in [2.05, 4.69) is 10.6 Å². The standard InChI is InChI=1S/C18H20N2O4S/c1-2-24-18(23)13-5-7-15(8-6-13)20-16(21)4-3-10-19-17(22)14-9-11-25-12-14/h5-9,11-12H,2-4,10H2,1H3,(H,19,22)(H,20,21). The van der Waals surface area contributed by atoms with Gasteiger partial charge in [0.2, 0.25) is 5.91 Å². The number of hydrogen-bond acceptors (Lipinski definition) is 5. The molecule has 0 radical (unpaired) electrons. The second-order valence-electron chi connectivity index (χ2n) is 5.22. The highest BCUT2D eigenvalue weighted by atomic mass is 32.1. The topological polar surface area (TPSA) is 84.5 Å². The molecule has 6 nitrogen and oxygen atoms in total. The summed E-state index contributed by atoms with van der Waals surface area (Å²) >= 11 is 1.46. The SMILES string of the molecule is CCOC(=O)c1ccc(NC(=O)CCCNC(=O)c2ccsc2)cc1. The largest absolute Gasteiger partial charge is 0.462 e. The molecule has 1 aromatic heterocycles. The van der Waals surface area contributed by atoms with E-state index in [1.54, 1.807) is 42.6 Å². The first-order valence-corrected chi connectivity index (χ1v) is 8.92. The lowest BCUT2D eigenvalue weighted by Crippen LogP contribution is -2.25. The van der Waals surface area contributed by atoms with Crippen LogP contribution in [0.5, 0.6) is 0 Å². The first kappa shape index (κ1) is 18.7. The van der Waals surface area contributed by atoms with Crippen molar-refractivity contribution in [2.75, 3.05) is 18.5 Å². The Balaban J connectivity index is 1.69. The van der Waals surface area contributed by atoms with Crippen LogP contribution in [0.3, 0.4) is 0 Å². The Labute approximate surface area is 150 Å². The van der Waals surface area contributed by atoms with Gasteiger partial charge in [0.05, 0.1) is 12.2 Å². The monoisotopic (exact) mass is 360 g/mol. The molecule has 1 aromatic carbocycles. The van der Waals surface area contributed by atoms with Gasteiger partial charge >= 0.3 is 5.97 Å². The molecule has 0 spiro atoms. The number of anilines is 1. The van der Waals surface area contributed by atoms with Crippen molar-refractivity contribution in [1.29, 1.82) is 0 Å². The number of carbonyl (C=O) groups is 3. The fraction of sp³-hybridized carbons (Fsp3) is 0.278. The number of hydrogen-bond donors (Lipinski definition) is 2. The Kier molecular flexibility index (Phi) is 7.16. The molecule has 2 rings (SSSR count). The predicted molar refractivity (Wildman–Crippen MR) is 96.9 cm³/mol. The highest BCUT2D eigenvalue weighted by Crippen LogP contribution is 2.11. The smallest absolute Gasteiger partial charge is 0.338 e. The second-order valence-corrected chi connectivity index (χ2v) is 6.00. The summed E-state index contributed by atoms with van der Waals surface area (Å²) in [5.74, 6) is -0.661. The Morgan fingerprint density at radius 1 is 1.08 bits per heavy atom. The minimum absolute atomic E-state index is 0.129. The van der Waals surface area contributed by atoms with E-state index in [1.807, 2.05) is 5.38 Å². The van der Waals surface area contributed by atoms with Crippen molar-refractivity contribution in [2.24, 2.45) is 0 Å². The maximum atomic E-state index is 11.9. The Bertz CT molecular complexity index is 711. The maximum absolute atomic E-state index is 11.9. The number of nitrogens with one attached hydrogen (secondary N) is 2. The fourth-order valence-corrected chi connectivity index (χ4v) is 2.71. The molecule has 0 atom stereocenters. The molecule has 0 aliphatic heterocycles. The van der Waals surface area contributed by atoms with E-state index in [0.29, 0.717) is 42.8 Å². The van der Waals surface area contributed by atoms with Gasteiger partial charge in [-0.05, 0) is 49.1 Å². The molecular weight excluding hydrogens is 340 g/mol. The van der Waals surface area contributed by atoms with Crippen LogP contribution in [-0.4, -0.2) is 30.9 Å². The number of amides is 2. The quantitative estimate of drug-likeness (QED) is 0.560. The molecule has 1 heterocycles. The molecule has 0 aliphatic rings. The van der Waals surface area contributed by atoms with Crippen LogP contribution in [0.2, 0.25) is 0 Å². The minimum Gasteiger partial charge on any atom is -0.462 e. The highest BCUT2D eigenvalue weighted by Gasteiger charge is 2.08. The van der Waals surface area contributed by atoms with Gasteiger partial charge in [0.1, 0.15) is 0 Å². The Morgan fingerprint density at radius 3 is 2.48 bits per heavy atom. The summed E-state index contributed by atoms with van der Waals surface area (Å²) in [5.41, 5.74) is 1.69. The van der Waals surface area contributed by atoms with Gasteiger partial charge in [0, 0.05) is 29.6 Å². The molecular formula is C18H20N2O4S. The van der Waals surface area contributed by atoms with E-state index >= 15 is 0 Å². The van der Waals surface area contributed by atoms with Crippen LogP contribution in [0.1, 0.15) is 40.5 Å². The van der Waals surface area contributed by atoms with Crippen LogP contribution in [0.15, 0.2) is 41.1 Å². The van der Waals surface area contributed by atoms with Gasteiger partial charge in [-0.2, -0.15) is 11.3 Å². The summed E-state index contributed by atoms with van der Waals surface area (Å²) in [5, 5.41) is 9.15. The minimum atomic E-state index is -0.387. The number of rotatable bonds is 8. The fourth-order valence-electron chi connectivity index (χ4n) is 2.07. The first-order chi connectivity index (χ1) is 12.1. The molecule has 0 fully saturated rings. The van der Waals surface area contributed by atoms with Crippen LogP contribution in [0.4, 0.5) is 5.69 Å². The van der Waals surface area contributed by atoms with Crippen molar-refractivity contribution in [2.45, 2.75) is 19.8 Å². The van der Waals surface area contributed by atoms with Crippen LogP contribution >= 0.6 is 11.3 Å². The van der Waals surface area contributed by atoms with E-state index < -0.39 is 0 Å². The van der Waals surface area contributed by atoms with Crippen LogP contribution < -0.4 is 10.6 Å². The Morgan fingerprint density at radius 2 is 1.84 bits per heavy atom. The van der Waals surface area contributed by atoms with Gasteiger partial charge in [0.15, 0.2) is 0 Å². The van der Waals surface area contributed by atoms with Gasteiger partial charge in [-0.1, -0.05) is 0 Å². The molecule has 0 saturated carbocycles. The average Bonchev–Trinajstić information content (AvgIpc) is 3.14. The average molecular weight is 360 g/mol. The summed E-state index contributed by atoms with van der Waals surface area (Å²) in [7, 11) is 0. The summed E-state index contributed by atoms with van der Waals surface area (Å²) in [6.45, 7) is 2.50. The number of esters is 1. The van der Waals surface area contributed by atoms with Gasteiger partial charge in [-0.25, -0.2) is 4.79 Å². The van der Waals surface area contributed by atoms with E-state index in [-0.39, 0.29) is 17.8 Å². The maximum Gasteiger partial charge on any atom is 0.338 e. The number of benzene rings is 1. The van der Waals surface area contributed by atoms with Crippen molar-refractivity contribution in [1.82, 2.24) is 5.32 Å². The molecule has 2 amide bonds. The van der Waals surface area contributed by atoms with Crippen molar-refractivity contribution in [3.05, 3.63) is 52.2 Å². The van der Waals surface area contributed by atoms with Gasteiger partial charge < -0.3 is 15.4 Å².